The lowest BCUT2D eigenvalue weighted by Gasteiger charge is -2.07. The molecule has 0 aliphatic heterocycles. The van der Waals surface area contributed by atoms with Crippen molar-refractivity contribution in [3.8, 4) is 0 Å². The molecule has 6 heteroatoms. The molecular weight excluding hydrogens is 332 g/mol. The Morgan fingerprint density at radius 3 is 2.64 bits per heavy atom. The maximum Gasteiger partial charge on any atom is 0.278 e. The molecule has 3 aromatic rings. The van der Waals surface area contributed by atoms with Gasteiger partial charge in [0.05, 0.1) is 12.2 Å². The highest BCUT2D eigenvalue weighted by Crippen LogP contribution is 2.16. The van der Waals surface area contributed by atoms with Gasteiger partial charge in [0.25, 0.3) is 5.91 Å². The number of aromatic nitrogens is 3. The Labute approximate surface area is 151 Å². The van der Waals surface area contributed by atoms with Gasteiger partial charge in [0.2, 0.25) is 0 Å². The first-order chi connectivity index (χ1) is 12.2. The molecule has 0 saturated carbocycles. The van der Waals surface area contributed by atoms with Crippen LogP contribution in [0.3, 0.4) is 0 Å². The Kier molecular flexibility index (Phi) is 5.50. The average Bonchev–Trinajstić information content (AvgIpc) is 2.97. The van der Waals surface area contributed by atoms with Crippen LogP contribution in [0, 0.1) is 6.92 Å². The molecule has 1 aromatic heterocycles. The molecule has 0 aliphatic rings. The third kappa shape index (κ3) is 4.28. The molecule has 0 bridgehead atoms. The average molecular weight is 352 g/mol. The van der Waals surface area contributed by atoms with Crippen LogP contribution in [0.4, 0.5) is 5.69 Å². The van der Waals surface area contributed by atoms with Gasteiger partial charge in [-0.1, -0.05) is 47.7 Å². The van der Waals surface area contributed by atoms with Crippen molar-refractivity contribution in [2.45, 2.75) is 19.2 Å². The lowest BCUT2D eigenvalue weighted by Crippen LogP contribution is -2.14. The first-order valence-corrected chi connectivity index (χ1v) is 9.40. The summed E-state index contributed by atoms with van der Waals surface area (Å²) in [6, 6.07) is 17.9. The van der Waals surface area contributed by atoms with Gasteiger partial charge in [-0.05, 0) is 36.4 Å². The molecule has 0 fully saturated rings. The standard InChI is InChI=1S/C19H20N4OS/c1-14-18(21-22-23(14)12-15-7-4-3-5-8-15)19(24)20-17-10-6-9-16(11-17)13-25-2/h3-11H,12-13H2,1-2H3,(H,20,24). The zero-order valence-electron chi connectivity index (χ0n) is 14.3. The number of amides is 1. The van der Waals surface area contributed by atoms with E-state index in [1.165, 1.54) is 5.56 Å². The number of thioether (sulfide) groups is 1. The summed E-state index contributed by atoms with van der Waals surface area (Å²) >= 11 is 1.75. The van der Waals surface area contributed by atoms with Gasteiger partial charge < -0.3 is 5.32 Å². The van der Waals surface area contributed by atoms with Crippen LogP contribution in [0.5, 0.6) is 0 Å². The van der Waals surface area contributed by atoms with E-state index in [2.05, 4.69) is 21.9 Å². The molecular formula is C19H20N4OS. The molecule has 1 N–H and O–H groups in total. The van der Waals surface area contributed by atoms with Crippen LogP contribution in [-0.4, -0.2) is 27.2 Å². The fourth-order valence-electron chi connectivity index (χ4n) is 2.57. The Hall–Kier alpha value is -2.60. The van der Waals surface area contributed by atoms with Crippen LogP contribution < -0.4 is 5.32 Å². The van der Waals surface area contributed by atoms with Crippen LogP contribution in [-0.2, 0) is 12.3 Å². The van der Waals surface area contributed by atoms with E-state index in [4.69, 9.17) is 0 Å². The second-order valence-electron chi connectivity index (χ2n) is 5.75. The van der Waals surface area contributed by atoms with Crippen molar-refractivity contribution in [3.05, 3.63) is 77.1 Å². The number of carbonyl (C=O) groups is 1. The molecule has 2 aromatic carbocycles. The Bertz CT molecular complexity index is 861. The predicted octanol–water partition coefficient (Wildman–Crippen LogP) is 3.75. The molecule has 3 rings (SSSR count). The third-order valence-electron chi connectivity index (χ3n) is 3.87. The number of nitrogens with one attached hydrogen (secondary N) is 1. The van der Waals surface area contributed by atoms with Crippen LogP contribution in [0.15, 0.2) is 54.6 Å². The molecule has 0 aliphatic carbocycles. The molecule has 5 nitrogen and oxygen atoms in total. The Balaban J connectivity index is 1.73. The van der Waals surface area contributed by atoms with E-state index in [1.807, 2.05) is 61.5 Å². The number of carbonyl (C=O) groups excluding carboxylic acids is 1. The minimum absolute atomic E-state index is 0.238. The lowest BCUT2D eigenvalue weighted by atomic mass is 10.2. The van der Waals surface area contributed by atoms with Gasteiger partial charge in [-0.3, -0.25) is 4.79 Å². The van der Waals surface area contributed by atoms with Crippen LogP contribution in [0.25, 0.3) is 0 Å². The first-order valence-electron chi connectivity index (χ1n) is 8.00. The highest BCUT2D eigenvalue weighted by Gasteiger charge is 2.16. The SMILES string of the molecule is CSCc1cccc(NC(=O)c2nnn(Cc3ccccc3)c2C)c1. The molecule has 0 saturated heterocycles. The van der Waals surface area contributed by atoms with Crippen LogP contribution in [0.2, 0.25) is 0 Å². The highest BCUT2D eigenvalue weighted by molar-refractivity contribution is 7.97. The van der Waals surface area contributed by atoms with Gasteiger partial charge in [-0.25, -0.2) is 4.68 Å². The molecule has 0 atom stereocenters. The van der Waals surface area contributed by atoms with E-state index < -0.39 is 0 Å². The van der Waals surface area contributed by atoms with Crippen molar-refractivity contribution >= 4 is 23.4 Å². The summed E-state index contributed by atoms with van der Waals surface area (Å²) < 4.78 is 1.74. The zero-order valence-corrected chi connectivity index (χ0v) is 15.1. The van der Waals surface area contributed by atoms with E-state index in [1.54, 1.807) is 16.4 Å². The van der Waals surface area contributed by atoms with E-state index in [0.717, 1.165) is 22.7 Å². The Morgan fingerprint density at radius 1 is 1.12 bits per heavy atom. The molecule has 128 valence electrons. The smallest absolute Gasteiger partial charge is 0.278 e. The number of benzene rings is 2. The van der Waals surface area contributed by atoms with E-state index >= 15 is 0 Å². The van der Waals surface area contributed by atoms with Crippen molar-refractivity contribution < 1.29 is 4.79 Å². The molecule has 0 unspecified atom stereocenters. The van der Waals surface area contributed by atoms with Crippen molar-refractivity contribution in [2.24, 2.45) is 0 Å². The number of rotatable bonds is 6. The lowest BCUT2D eigenvalue weighted by molar-refractivity contribution is 0.102. The van der Waals surface area contributed by atoms with Crippen molar-refractivity contribution in [3.63, 3.8) is 0 Å². The summed E-state index contributed by atoms with van der Waals surface area (Å²) in [7, 11) is 0. The monoisotopic (exact) mass is 352 g/mol. The summed E-state index contributed by atoms with van der Waals surface area (Å²) in [6.07, 6.45) is 2.06. The van der Waals surface area contributed by atoms with Gasteiger partial charge >= 0.3 is 0 Å². The summed E-state index contributed by atoms with van der Waals surface area (Å²) in [6.45, 7) is 2.46. The second-order valence-corrected chi connectivity index (χ2v) is 6.62. The molecule has 0 radical (unpaired) electrons. The number of hydrogen-bond acceptors (Lipinski definition) is 4. The van der Waals surface area contributed by atoms with E-state index in [0.29, 0.717) is 12.2 Å². The number of hydrogen-bond donors (Lipinski definition) is 1. The highest BCUT2D eigenvalue weighted by atomic mass is 32.2. The fourth-order valence-corrected chi connectivity index (χ4v) is 3.09. The summed E-state index contributed by atoms with van der Waals surface area (Å²) in [4.78, 5) is 12.5. The van der Waals surface area contributed by atoms with Crippen LogP contribution >= 0.6 is 11.8 Å². The summed E-state index contributed by atoms with van der Waals surface area (Å²) in [5, 5.41) is 11.1. The van der Waals surface area contributed by atoms with Crippen LogP contribution in [0.1, 0.15) is 27.3 Å². The van der Waals surface area contributed by atoms with Crippen molar-refractivity contribution in [1.29, 1.82) is 0 Å². The zero-order chi connectivity index (χ0) is 17.6. The number of nitrogens with zero attached hydrogens (tertiary/aromatic N) is 3. The fraction of sp³-hybridized carbons (Fsp3) is 0.211. The van der Waals surface area contributed by atoms with Gasteiger partial charge in [0.15, 0.2) is 5.69 Å². The van der Waals surface area contributed by atoms with E-state index in [-0.39, 0.29) is 5.91 Å². The van der Waals surface area contributed by atoms with E-state index in [9.17, 15) is 4.79 Å². The minimum atomic E-state index is -0.238. The Morgan fingerprint density at radius 2 is 1.88 bits per heavy atom. The second kappa shape index (κ2) is 7.98. The third-order valence-corrected chi connectivity index (χ3v) is 4.49. The van der Waals surface area contributed by atoms with Crippen molar-refractivity contribution in [2.75, 3.05) is 11.6 Å². The largest absolute Gasteiger partial charge is 0.321 e. The van der Waals surface area contributed by atoms with Gasteiger partial charge in [-0.2, -0.15) is 11.8 Å². The quantitative estimate of drug-likeness (QED) is 0.734. The topological polar surface area (TPSA) is 59.8 Å². The van der Waals surface area contributed by atoms with Gasteiger partial charge in [-0.15, -0.1) is 5.10 Å². The van der Waals surface area contributed by atoms with Gasteiger partial charge in [0.1, 0.15) is 0 Å². The predicted molar refractivity (Wildman–Crippen MR) is 102 cm³/mol. The summed E-state index contributed by atoms with van der Waals surface area (Å²) in [5.74, 6) is 0.675. The molecule has 1 heterocycles. The maximum absolute atomic E-state index is 12.5. The first kappa shape index (κ1) is 17.2. The molecule has 0 spiro atoms. The maximum atomic E-state index is 12.5. The minimum Gasteiger partial charge on any atom is -0.321 e. The van der Waals surface area contributed by atoms with Crippen molar-refractivity contribution in [1.82, 2.24) is 15.0 Å². The van der Waals surface area contributed by atoms with Gasteiger partial charge in [0, 0.05) is 11.4 Å². The normalized spacial score (nSPS) is 10.6. The number of anilines is 1. The molecule has 1 amide bonds. The molecule has 25 heavy (non-hydrogen) atoms. The summed E-state index contributed by atoms with van der Waals surface area (Å²) in [5.41, 5.74) is 4.17.